The predicted molar refractivity (Wildman–Crippen MR) is 189 cm³/mol. The molecule has 24 atom stereocenters. The molecular formula is C34H58N2O25. The van der Waals surface area contributed by atoms with Crippen LogP contribution in [0.3, 0.4) is 0 Å². The number of aliphatic hydroxyl groups excluding tert-OH is 14. The summed E-state index contributed by atoms with van der Waals surface area (Å²) in [5, 5.41) is 153. The fourth-order valence-corrected chi connectivity index (χ4v) is 7.77. The number of rotatable bonds is 15. The van der Waals surface area contributed by atoms with E-state index in [9.17, 15) is 81.1 Å². The summed E-state index contributed by atoms with van der Waals surface area (Å²) < 4.78 is 51.0. The summed E-state index contributed by atoms with van der Waals surface area (Å²) in [6.07, 6.45) is -39.4. The molecule has 354 valence electrons. The van der Waals surface area contributed by atoms with E-state index in [0.717, 1.165) is 6.92 Å². The second kappa shape index (κ2) is 21.8. The highest BCUT2D eigenvalue weighted by atomic mass is 16.8. The van der Waals surface area contributed by atoms with Crippen molar-refractivity contribution in [3.63, 3.8) is 0 Å². The molecule has 0 unspecified atom stereocenters. The summed E-state index contributed by atoms with van der Waals surface area (Å²) in [5.41, 5.74) is 0. The first kappa shape index (κ1) is 50.0. The number of hydrogen-bond acceptors (Lipinski definition) is 25. The minimum atomic E-state index is -2.14. The van der Waals surface area contributed by atoms with Gasteiger partial charge >= 0.3 is 0 Å². The van der Waals surface area contributed by atoms with Crippen molar-refractivity contribution < 1.29 is 124 Å². The maximum absolute atomic E-state index is 12.4. The molecule has 0 spiro atoms. The maximum atomic E-state index is 12.4. The highest BCUT2D eigenvalue weighted by Gasteiger charge is 2.56. The molecule has 5 saturated heterocycles. The summed E-state index contributed by atoms with van der Waals surface area (Å²) in [4.78, 5) is 24.1. The van der Waals surface area contributed by atoms with Crippen molar-refractivity contribution in [2.45, 2.75) is 161 Å². The van der Waals surface area contributed by atoms with Crippen LogP contribution < -0.4 is 10.6 Å². The summed E-state index contributed by atoms with van der Waals surface area (Å²) >= 11 is 0. The van der Waals surface area contributed by atoms with Crippen LogP contribution in [-0.2, 0) is 52.2 Å². The van der Waals surface area contributed by atoms with Gasteiger partial charge in [0.15, 0.2) is 25.2 Å². The van der Waals surface area contributed by atoms with E-state index < -0.39 is 192 Å². The van der Waals surface area contributed by atoms with Crippen LogP contribution in [0.25, 0.3) is 0 Å². The van der Waals surface area contributed by atoms with E-state index >= 15 is 0 Å². The SMILES string of the molecule is CC(=O)N[C@H]1[C@@H](O[C@H]2[C@H](O)[C@@H](NC(C)=O)CO[C@@H]2CO)O[C@H](CO)[C@@H](O[C@@H]2O[C@H](CO)[C@@H](O)[C@H](O[C@@H]3O[C@H](CO)[C@@H](O)[C@H](O[C@H]4O[C@H](CO)[C@@H](O)[C@H](O)[C@@H]4O)[C@@H]3O)[C@@H]2O)[C@@H]1O. The molecule has 0 aromatic carbocycles. The van der Waals surface area contributed by atoms with E-state index in [-0.39, 0.29) is 6.61 Å². The molecule has 5 fully saturated rings. The van der Waals surface area contributed by atoms with Gasteiger partial charge in [0.1, 0.15) is 116 Å². The lowest BCUT2D eigenvalue weighted by Crippen LogP contribution is -2.70. The number of ether oxygens (including phenoxy) is 9. The lowest BCUT2D eigenvalue weighted by atomic mass is 9.94. The Morgan fingerprint density at radius 3 is 1.30 bits per heavy atom. The smallest absolute Gasteiger partial charge is 0.217 e. The van der Waals surface area contributed by atoms with Gasteiger partial charge in [0.2, 0.25) is 11.8 Å². The van der Waals surface area contributed by atoms with Crippen molar-refractivity contribution in [2.75, 3.05) is 39.6 Å². The van der Waals surface area contributed by atoms with E-state index in [0.29, 0.717) is 0 Å². The van der Waals surface area contributed by atoms with Gasteiger partial charge in [-0.2, -0.15) is 0 Å². The van der Waals surface area contributed by atoms with Crippen molar-refractivity contribution in [3.05, 3.63) is 0 Å². The lowest BCUT2D eigenvalue weighted by Gasteiger charge is -2.50. The van der Waals surface area contributed by atoms with E-state index in [1.165, 1.54) is 6.92 Å². The Hall–Kier alpha value is -1.98. The Kier molecular flexibility index (Phi) is 17.9. The molecule has 5 aliphatic heterocycles. The second-order valence-electron chi connectivity index (χ2n) is 15.3. The van der Waals surface area contributed by atoms with Gasteiger partial charge in [-0.05, 0) is 0 Å². The number of carbonyl (C=O) groups excluding carboxylic acids is 2. The normalized spacial score (nSPS) is 48.3. The summed E-state index contributed by atoms with van der Waals surface area (Å²) in [6.45, 7) is -2.32. The molecule has 0 aromatic rings. The van der Waals surface area contributed by atoms with Crippen molar-refractivity contribution >= 4 is 11.8 Å². The molecule has 27 nitrogen and oxygen atoms in total. The van der Waals surface area contributed by atoms with Crippen molar-refractivity contribution in [1.82, 2.24) is 10.6 Å². The van der Waals surface area contributed by atoms with Gasteiger partial charge in [0.25, 0.3) is 0 Å². The van der Waals surface area contributed by atoms with Crippen LogP contribution in [-0.4, -0.2) is 270 Å². The van der Waals surface area contributed by atoms with E-state index in [2.05, 4.69) is 10.6 Å². The quantitative estimate of drug-likeness (QED) is 0.0726. The van der Waals surface area contributed by atoms with E-state index in [1.54, 1.807) is 0 Å². The molecule has 0 saturated carbocycles. The van der Waals surface area contributed by atoms with Gasteiger partial charge in [0, 0.05) is 13.8 Å². The van der Waals surface area contributed by atoms with Crippen LogP contribution >= 0.6 is 0 Å². The molecular weight excluding hydrogens is 836 g/mol. The molecule has 61 heavy (non-hydrogen) atoms. The summed E-state index contributed by atoms with van der Waals surface area (Å²) in [6, 6.07) is -2.60. The van der Waals surface area contributed by atoms with Crippen LogP contribution in [0, 0.1) is 0 Å². The van der Waals surface area contributed by atoms with Crippen LogP contribution in [0.1, 0.15) is 13.8 Å². The Bertz CT molecular complexity index is 1410. The largest absolute Gasteiger partial charge is 0.394 e. The zero-order chi connectivity index (χ0) is 45.0. The van der Waals surface area contributed by atoms with Crippen LogP contribution in [0.5, 0.6) is 0 Å². The third-order valence-electron chi connectivity index (χ3n) is 11.1. The first-order valence-electron chi connectivity index (χ1n) is 19.5. The Morgan fingerprint density at radius 2 is 0.836 bits per heavy atom. The monoisotopic (exact) mass is 894 g/mol. The van der Waals surface area contributed by atoms with Gasteiger partial charge in [-0.3, -0.25) is 9.59 Å². The molecule has 0 radical (unpaired) electrons. The Morgan fingerprint density at radius 1 is 0.443 bits per heavy atom. The highest BCUT2D eigenvalue weighted by Crippen LogP contribution is 2.35. The van der Waals surface area contributed by atoms with Crippen molar-refractivity contribution in [2.24, 2.45) is 0 Å². The molecule has 5 rings (SSSR count). The van der Waals surface area contributed by atoms with E-state index in [1.807, 2.05) is 0 Å². The first-order chi connectivity index (χ1) is 28.9. The number of carbonyl (C=O) groups is 2. The van der Waals surface area contributed by atoms with Crippen LogP contribution in [0.15, 0.2) is 0 Å². The number of hydrogen-bond donors (Lipinski definition) is 16. The van der Waals surface area contributed by atoms with Crippen molar-refractivity contribution in [3.8, 4) is 0 Å². The molecule has 0 bridgehead atoms. The minimum absolute atomic E-state index is 0.214. The zero-order valence-corrected chi connectivity index (χ0v) is 32.9. The Balaban J connectivity index is 1.35. The highest BCUT2D eigenvalue weighted by molar-refractivity contribution is 5.73. The average Bonchev–Trinajstić information content (AvgIpc) is 3.22. The predicted octanol–water partition coefficient (Wildman–Crippen LogP) is -11.0. The van der Waals surface area contributed by atoms with Crippen molar-refractivity contribution in [1.29, 1.82) is 0 Å². The van der Waals surface area contributed by atoms with Gasteiger partial charge in [-0.25, -0.2) is 0 Å². The number of nitrogens with one attached hydrogen (secondary N) is 2. The first-order valence-corrected chi connectivity index (χ1v) is 19.5. The lowest BCUT2D eigenvalue weighted by molar-refractivity contribution is -0.389. The summed E-state index contributed by atoms with van der Waals surface area (Å²) in [5.74, 6) is -1.26. The molecule has 2 amide bonds. The second-order valence-corrected chi connectivity index (χ2v) is 15.3. The van der Waals surface area contributed by atoms with Gasteiger partial charge in [-0.15, -0.1) is 0 Å². The molecule has 0 aliphatic carbocycles. The number of aliphatic hydroxyl groups is 14. The molecule has 5 aliphatic rings. The fraction of sp³-hybridized carbons (Fsp3) is 0.941. The van der Waals surface area contributed by atoms with E-state index in [4.69, 9.17) is 42.6 Å². The topological polar surface area (TPSA) is 424 Å². The summed E-state index contributed by atoms with van der Waals surface area (Å²) in [7, 11) is 0. The molecule has 0 aromatic heterocycles. The number of amides is 2. The molecule has 27 heteroatoms. The fourth-order valence-electron chi connectivity index (χ4n) is 7.77. The van der Waals surface area contributed by atoms with Gasteiger partial charge in [0.05, 0.1) is 45.7 Å². The molecule has 5 heterocycles. The minimum Gasteiger partial charge on any atom is -0.394 e. The Labute approximate surface area is 346 Å². The van der Waals surface area contributed by atoms with Crippen LogP contribution in [0.2, 0.25) is 0 Å². The third-order valence-corrected chi connectivity index (χ3v) is 11.1. The standard InChI is InChI=1S/C34H58N2O25/c1-9(42)35-11-8-53-15(6-40)27(18(11)44)58-31-17(36-10(2)43)22(48)28(16(7-41)57-31)59-33-25(51)30(21(47)13(4-38)55-33)61-34-26(52)29(20(46)14(5-39)56-34)60-32-24(50)23(49)19(45)12(3-37)54-32/h11-34,37-41,44-52H,3-8H2,1-2H3,(H,35,42)(H,36,43)/t11-,12+,13+,14+,15+,16+,17+,18+,19+,20+,21+,22+,23-,24-,25-,26-,27+,28+,29-,30-,31+,32+,33-,34-/m0/s1. The average molecular weight is 895 g/mol. The zero-order valence-electron chi connectivity index (χ0n) is 32.9. The van der Waals surface area contributed by atoms with Gasteiger partial charge in [-0.1, -0.05) is 0 Å². The molecule has 16 N–H and O–H groups in total. The van der Waals surface area contributed by atoms with Crippen LogP contribution in [0.4, 0.5) is 0 Å². The van der Waals surface area contributed by atoms with Gasteiger partial charge < -0.3 is 125 Å². The maximum Gasteiger partial charge on any atom is 0.217 e. The third kappa shape index (κ3) is 10.9.